The number of hydrogen-bond acceptors (Lipinski definition) is 3. The lowest BCUT2D eigenvalue weighted by Gasteiger charge is -2.10. The number of ether oxygens (including phenoxy) is 1. The molecule has 0 atom stereocenters. The molecule has 4 nitrogen and oxygen atoms in total. The van der Waals surface area contributed by atoms with Gasteiger partial charge in [-0.1, -0.05) is 30.3 Å². The highest BCUT2D eigenvalue weighted by atomic mass is 32.2. The van der Waals surface area contributed by atoms with E-state index in [4.69, 9.17) is 4.74 Å². The molecule has 0 unspecified atom stereocenters. The quantitative estimate of drug-likeness (QED) is 0.684. The van der Waals surface area contributed by atoms with E-state index in [2.05, 4.69) is 4.72 Å². The molecule has 130 valence electrons. The van der Waals surface area contributed by atoms with Crippen molar-refractivity contribution in [3.63, 3.8) is 0 Å². The molecule has 3 aromatic carbocycles. The monoisotopic (exact) mass is 359 g/mol. The van der Waals surface area contributed by atoms with Crippen molar-refractivity contribution >= 4 is 20.8 Å². The summed E-state index contributed by atoms with van der Waals surface area (Å²) in [7, 11) is -3.69. The van der Waals surface area contributed by atoms with Crippen molar-refractivity contribution in [2.24, 2.45) is 0 Å². The number of nitrogens with one attached hydrogen (secondary N) is 1. The van der Waals surface area contributed by atoms with Crippen molar-refractivity contribution < 1.29 is 17.5 Å². The molecule has 0 aliphatic rings. The average molecular weight is 359 g/mol. The topological polar surface area (TPSA) is 55.4 Å². The molecule has 0 fully saturated rings. The van der Waals surface area contributed by atoms with Crippen LogP contribution in [0.4, 0.5) is 4.39 Å². The normalized spacial score (nSPS) is 11.6. The lowest BCUT2D eigenvalue weighted by molar-refractivity contribution is 0.323. The van der Waals surface area contributed by atoms with E-state index in [0.29, 0.717) is 5.75 Å². The number of halogens is 1. The predicted molar refractivity (Wildman–Crippen MR) is 95.8 cm³/mol. The van der Waals surface area contributed by atoms with E-state index < -0.39 is 15.8 Å². The van der Waals surface area contributed by atoms with Crippen LogP contribution in [0.5, 0.6) is 5.75 Å². The largest absolute Gasteiger partial charge is 0.492 e. The third kappa shape index (κ3) is 4.15. The Balaban J connectivity index is 1.58. The van der Waals surface area contributed by atoms with Crippen LogP contribution in [0.3, 0.4) is 0 Å². The van der Waals surface area contributed by atoms with Gasteiger partial charge in [0, 0.05) is 6.54 Å². The molecule has 6 heteroatoms. The Labute approximate surface area is 146 Å². The zero-order chi connectivity index (χ0) is 17.9. The smallest absolute Gasteiger partial charge is 0.240 e. The van der Waals surface area contributed by atoms with Crippen LogP contribution in [0.15, 0.2) is 65.6 Å². The van der Waals surface area contributed by atoms with Crippen molar-refractivity contribution in [1.29, 1.82) is 0 Å². The van der Waals surface area contributed by atoms with Gasteiger partial charge in [-0.15, -0.1) is 0 Å². The van der Waals surface area contributed by atoms with Gasteiger partial charge in [-0.3, -0.25) is 0 Å². The summed E-state index contributed by atoms with van der Waals surface area (Å²) in [4.78, 5) is 0.0390. The van der Waals surface area contributed by atoms with Crippen LogP contribution in [0.25, 0.3) is 10.8 Å². The third-order valence-corrected chi connectivity index (χ3v) is 5.28. The SMILES string of the molecule is Cc1cc(S(=O)(=O)NCCOc2ccc3ccccc3c2)ccc1F. The number of fused-ring (bicyclic) bond motifs is 1. The second-order valence-electron chi connectivity index (χ2n) is 5.67. The second kappa shape index (κ2) is 7.21. The molecule has 0 aromatic heterocycles. The summed E-state index contributed by atoms with van der Waals surface area (Å²) in [6, 6.07) is 17.3. The molecule has 0 heterocycles. The van der Waals surface area contributed by atoms with Gasteiger partial charge in [-0.25, -0.2) is 17.5 Å². The Bertz CT molecular complexity index is 1000. The third-order valence-electron chi connectivity index (χ3n) is 3.82. The highest BCUT2D eigenvalue weighted by Crippen LogP contribution is 2.20. The molecule has 3 aromatic rings. The average Bonchev–Trinajstić information content (AvgIpc) is 2.61. The van der Waals surface area contributed by atoms with Gasteiger partial charge in [-0.2, -0.15) is 0 Å². The summed E-state index contributed by atoms with van der Waals surface area (Å²) >= 11 is 0. The molecule has 3 rings (SSSR count). The highest BCUT2D eigenvalue weighted by molar-refractivity contribution is 7.89. The van der Waals surface area contributed by atoms with Crippen molar-refractivity contribution in [2.75, 3.05) is 13.2 Å². The number of benzene rings is 3. The van der Waals surface area contributed by atoms with E-state index in [0.717, 1.165) is 16.8 Å². The molecule has 0 amide bonds. The van der Waals surface area contributed by atoms with Crippen LogP contribution in [0, 0.1) is 12.7 Å². The van der Waals surface area contributed by atoms with Crippen LogP contribution in [0.2, 0.25) is 0 Å². The zero-order valence-electron chi connectivity index (χ0n) is 13.7. The Morgan fingerprint density at radius 2 is 1.76 bits per heavy atom. The first kappa shape index (κ1) is 17.4. The fourth-order valence-electron chi connectivity index (χ4n) is 2.47. The van der Waals surface area contributed by atoms with Gasteiger partial charge in [-0.05, 0) is 53.6 Å². The minimum atomic E-state index is -3.69. The van der Waals surface area contributed by atoms with Crippen molar-refractivity contribution in [3.8, 4) is 5.75 Å². The Kier molecular flexibility index (Phi) is 5.01. The Hall–Kier alpha value is -2.44. The summed E-state index contributed by atoms with van der Waals surface area (Å²) in [5.74, 6) is 0.245. The lowest BCUT2D eigenvalue weighted by atomic mass is 10.1. The van der Waals surface area contributed by atoms with Gasteiger partial charge >= 0.3 is 0 Å². The molecule has 0 aliphatic heterocycles. The van der Waals surface area contributed by atoms with E-state index in [1.54, 1.807) is 0 Å². The molecule has 0 saturated heterocycles. The second-order valence-corrected chi connectivity index (χ2v) is 7.43. The summed E-state index contributed by atoms with van der Waals surface area (Å²) < 4.78 is 45.7. The van der Waals surface area contributed by atoms with Crippen molar-refractivity contribution in [3.05, 3.63) is 72.0 Å². The predicted octanol–water partition coefficient (Wildman–Crippen LogP) is 3.64. The minimum Gasteiger partial charge on any atom is -0.492 e. The summed E-state index contributed by atoms with van der Waals surface area (Å²) in [5, 5.41) is 2.17. The van der Waals surface area contributed by atoms with Crippen LogP contribution in [-0.2, 0) is 10.0 Å². The zero-order valence-corrected chi connectivity index (χ0v) is 14.5. The summed E-state index contributed by atoms with van der Waals surface area (Å²) in [6.45, 7) is 1.83. The fraction of sp³-hybridized carbons (Fsp3) is 0.158. The van der Waals surface area contributed by atoms with Crippen LogP contribution < -0.4 is 9.46 Å². The van der Waals surface area contributed by atoms with Crippen LogP contribution in [-0.4, -0.2) is 21.6 Å². The van der Waals surface area contributed by atoms with E-state index >= 15 is 0 Å². The minimum absolute atomic E-state index is 0.0390. The maximum atomic E-state index is 13.3. The first-order valence-electron chi connectivity index (χ1n) is 7.83. The van der Waals surface area contributed by atoms with Gasteiger partial charge in [0.05, 0.1) is 4.90 Å². The molecule has 25 heavy (non-hydrogen) atoms. The number of rotatable bonds is 6. The Morgan fingerprint density at radius 1 is 1.00 bits per heavy atom. The van der Waals surface area contributed by atoms with Crippen LogP contribution in [0.1, 0.15) is 5.56 Å². The standard InChI is InChI=1S/C19H18FNO3S/c1-14-12-18(8-9-19(14)20)25(22,23)21-10-11-24-17-7-6-15-4-2-3-5-16(15)13-17/h2-9,12-13,21H,10-11H2,1H3. The molecule has 0 aliphatic carbocycles. The van der Waals surface area contributed by atoms with Crippen molar-refractivity contribution in [2.45, 2.75) is 11.8 Å². The number of hydrogen-bond donors (Lipinski definition) is 1. The summed E-state index contributed by atoms with van der Waals surface area (Å²) in [6.07, 6.45) is 0. The van der Waals surface area contributed by atoms with E-state index in [-0.39, 0.29) is 23.6 Å². The molecular formula is C19H18FNO3S. The van der Waals surface area contributed by atoms with E-state index in [9.17, 15) is 12.8 Å². The number of aryl methyl sites for hydroxylation is 1. The lowest BCUT2D eigenvalue weighted by Crippen LogP contribution is -2.28. The summed E-state index contributed by atoms with van der Waals surface area (Å²) in [5.41, 5.74) is 0.287. The van der Waals surface area contributed by atoms with Gasteiger partial charge < -0.3 is 4.74 Å². The number of sulfonamides is 1. The maximum absolute atomic E-state index is 13.3. The molecule has 1 N–H and O–H groups in total. The first-order valence-corrected chi connectivity index (χ1v) is 9.31. The molecule has 0 spiro atoms. The van der Waals surface area contributed by atoms with Crippen LogP contribution >= 0.6 is 0 Å². The molecule has 0 bridgehead atoms. The fourth-order valence-corrected chi connectivity index (χ4v) is 3.57. The Morgan fingerprint density at radius 3 is 2.52 bits per heavy atom. The molecule has 0 saturated carbocycles. The van der Waals surface area contributed by atoms with E-state index in [1.165, 1.54) is 19.1 Å². The van der Waals surface area contributed by atoms with Gasteiger partial charge in [0.15, 0.2) is 0 Å². The van der Waals surface area contributed by atoms with Crippen molar-refractivity contribution in [1.82, 2.24) is 4.72 Å². The molecular weight excluding hydrogens is 341 g/mol. The maximum Gasteiger partial charge on any atom is 0.240 e. The van der Waals surface area contributed by atoms with Gasteiger partial charge in [0.1, 0.15) is 18.2 Å². The van der Waals surface area contributed by atoms with Gasteiger partial charge in [0.2, 0.25) is 10.0 Å². The molecule has 0 radical (unpaired) electrons. The highest BCUT2D eigenvalue weighted by Gasteiger charge is 2.14. The van der Waals surface area contributed by atoms with Gasteiger partial charge in [0.25, 0.3) is 0 Å². The van der Waals surface area contributed by atoms with E-state index in [1.807, 2.05) is 42.5 Å². The first-order chi connectivity index (χ1) is 12.0.